The van der Waals surface area contributed by atoms with Crippen molar-refractivity contribution in [3.8, 4) is 11.5 Å². The molecule has 0 aliphatic carbocycles. The number of nitrogens with zero attached hydrogens (tertiary/aromatic N) is 3. The Kier molecular flexibility index (Phi) is 3.36. The molecule has 6 heteroatoms. The van der Waals surface area contributed by atoms with Gasteiger partial charge in [-0.25, -0.2) is 0 Å². The van der Waals surface area contributed by atoms with Gasteiger partial charge < -0.3 is 20.1 Å². The molecule has 2 rings (SSSR count). The van der Waals surface area contributed by atoms with Crippen LogP contribution in [0.5, 0.6) is 11.5 Å². The number of hydrogen-bond donors (Lipinski definition) is 3. The van der Waals surface area contributed by atoms with Gasteiger partial charge in [-0.2, -0.15) is 0 Å². The van der Waals surface area contributed by atoms with Gasteiger partial charge in [0.05, 0.1) is 0 Å². The van der Waals surface area contributed by atoms with Crippen LogP contribution in [-0.2, 0) is 13.5 Å². The second-order valence-corrected chi connectivity index (χ2v) is 4.13. The molecule has 0 amide bonds. The predicted octanol–water partition coefficient (Wildman–Crippen LogP) is 1.19. The number of nitrogens with one attached hydrogen (secondary N) is 1. The molecule has 2 aromatic rings. The Morgan fingerprint density at radius 3 is 2.61 bits per heavy atom. The third-order valence-corrected chi connectivity index (χ3v) is 2.83. The first-order chi connectivity index (χ1) is 8.58. The summed E-state index contributed by atoms with van der Waals surface area (Å²) in [6, 6.07) is 4.81. The molecule has 0 bridgehead atoms. The lowest BCUT2D eigenvalue weighted by molar-refractivity contribution is 0.403. The Morgan fingerprint density at radius 1 is 1.22 bits per heavy atom. The Bertz CT molecular complexity index is 551. The summed E-state index contributed by atoms with van der Waals surface area (Å²) in [5, 5.41) is 29.7. The van der Waals surface area contributed by atoms with Crippen molar-refractivity contribution >= 4 is 5.95 Å². The molecule has 1 aromatic carbocycles. The van der Waals surface area contributed by atoms with Crippen molar-refractivity contribution < 1.29 is 10.2 Å². The second-order valence-electron chi connectivity index (χ2n) is 4.13. The fraction of sp³-hybridized carbons (Fsp3) is 0.333. The van der Waals surface area contributed by atoms with Gasteiger partial charge in [0.1, 0.15) is 5.82 Å². The van der Waals surface area contributed by atoms with Crippen molar-refractivity contribution in [2.24, 2.45) is 7.05 Å². The van der Waals surface area contributed by atoms with Crippen LogP contribution in [0.15, 0.2) is 18.2 Å². The van der Waals surface area contributed by atoms with E-state index in [1.165, 1.54) is 6.07 Å². The van der Waals surface area contributed by atoms with Crippen molar-refractivity contribution in [1.29, 1.82) is 0 Å². The van der Waals surface area contributed by atoms with Crippen LogP contribution in [0.25, 0.3) is 0 Å². The van der Waals surface area contributed by atoms with Gasteiger partial charge in [-0.3, -0.25) is 0 Å². The van der Waals surface area contributed by atoms with Crippen molar-refractivity contribution in [1.82, 2.24) is 14.8 Å². The van der Waals surface area contributed by atoms with Crippen LogP contribution in [0, 0.1) is 6.92 Å². The number of benzene rings is 1. The average molecular weight is 248 g/mol. The van der Waals surface area contributed by atoms with Gasteiger partial charge in [0.15, 0.2) is 11.5 Å². The first-order valence-electron chi connectivity index (χ1n) is 5.68. The normalized spacial score (nSPS) is 10.6. The number of phenolic OH excluding ortho intramolecular Hbond substituents is 2. The van der Waals surface area contributed by atoms with Crippen LogP contribution < -0.4 is 5.32 Å². The van der Waals surface area contributed by atoms with Crippen LogP contribution in [0.3, 0.4) is 0 Å². The third-order valence-electron chi connectivity index (χ3n) is 2.83. The van der Waals surface area contributed by atoms with Gasteiger partial charge >= 0.3 is 0 Å². The second kappa shape index (κ2) is 4.95. The molecule has 0 aliphatic rings. The molecule has 3 N–H and O–H groups in total. The van der Waals surface area contributed by atoms with E-state index >= 15 is 0 Å². The van der Waals surface area contributed by atoms with E-state index in [2.05, 4.69) is 15.5 Å². The Balaban J connectivity index is 1.92. The van der Waals surface area contributed by atoms with Gasteiger partial charge in [-0.15, -0.1) is 10.2 Å². The van der Waals surface area contributed by atoms with E-state index < -0.39 is 0 Å². The van der Waals surface area contributed by atoms with Crippen LogP contribution in [0.1, 0.15) is 11.4 Å². The van der Waals surface area contributed by atoms with Gasteiger partial charge in [0.2, 0.25) is 5.95 Å². The van der Waals surface area contributed by atoms with Gasteiger partial charge in [0, 0.05) is 13.6 Å². The van der Waals surface area contributed by atoms with E-state index in [0.29, 0.717) is 6.54 Å². The lowest BCUT2D eigenvalue weighted by Gasteiger charge is -2.06. The van der Waals surface area contributed by atoms with E-state index in [1.54, 1.807) is 12.1 Å². The first kappa shape index (κ1) is 12.2. The van der Waals surface area contributed by atoms with E-state index in [9.17, 15) is 10.2 Å². The molecule has 0 atom stereocenters. The van der Waals surface area contributed by atoms with Gasteiger partial charge in [-0.1, -0.05) is 6.07 Å². The molecule has 1 aromatic heterocycles. The maximum atomic E-state index is 9.37. The quantitative estimate of drug-likeness (QED) is 0.708. The standard InChI is InChI=1S/C12H16N4O2/c1-8-14-15-12(16(8)2)13-6-5-9-3-4-10(17)11(18)7-9/h3-4,7,17-18H,5-6H2,1-2H3,(H,13,15). The third kappa shape index (κ3) is 2.53. The minimum absolute atomic E-state index is 0.0954. The SMILES string of the molecule is Cc1nnc(NCCc2ccc(O)c(O)c2)n1C. The van der Waals surface area contributed by atoms with Crippen LogP contribution in [0.2, 0.25) is 0 Å². The Hall–Kier alpha value is -2.24. The van der Waals surface area contributed by atoms with Crippen LogP contribution in [0.4, 0.5) is 5.95 Å². The van der Waals surface area contributed by atoms with Gasteiger partial charge in [-0.05, 0) is 31.0 Å². The summed E-state index contributed by atoms with van der Waals surface area (Å²) < 4.78 is 1.87. The summed E-state index contributed by atoms with van der Waals surface area (Å²) in [4.78, 5) is 0. The van der Waals surface area contributed by atoms with Gasteiger partial charge in [0.25, 0.3) is 0 Å². The maximum Gasteiger partial charge on any atom is 0.224 e. The summed E-state index contributed by atoms with van der Waals surface area (Å²) in [5.41, 5.74) is 0.941. The van der Waals surface area contributed by atoms with Crippen LogP contribution >= 0.6 is 0 Å². The fourth-order valence-corrected chi connectivity index (χ4v) is 1.60. The molecule has 0 saturated carbocycles. The molecule has 0 unspecified atom stereocenters. The highest BCUT2D eigenvalue weighted by molar-refractivity contribution is 5.40. The minimum atomic E-state index is -0.101. The predicted molar refractivity (Wildman–Crippen MR) is 67.7 cm³/mol. The van der Waals surface area contributed by atoms with Crippen molar-refractivity contribution in [3.05, 3.63) is 29.6 Å². The van der Waals surface area contributed by atoms with E-state index in [0.717, 1.165) is 23.8 Å². The molecule has 0 saturated heterocycles. The molecular weight excluding hydrogens is 232 g/mol. The molecule has 0 fully saturated rings. The minimum Gasteiger partial charge on any atom is -0.504 e. The molecule has 0 radical (unpaired) electrons. The van der Waals surface area contributed by atoms with Crippen molar-refractivity contribution in [3.63, 3.8) is 0 Å². The summed E-state index contributed by atoms with van der Waals surface area (Å²) in [6.45, 7) is 2.56. The summed E-state index contributed by atoms with van der Waals surface area (Å²) >= 11 is 0. The molecule has 6 nitrogen and oxygen atoms in total. The van der Waals surface area contributed by atoms with E-state index in [1.807, 2.05) is 18.5 Å². The summed E-state index contributed by atoms with van der Waals surface area (Å²) in [7, 11) is 1.89. The Labute approximate surface area is 105 Å². The number of phenols is 2. The molecular formula is C12H16N4O2. The Morgan fingerprint density at radius 2 is 2.00 bits per heavy atom. The fourth-order valence-electron chi connectivity index (χ4n) is 1.60. The smallest absolute Gasteiger partial charge is 0.224 e. The lowest BCUT2D eigenvalue weighted by Crippen LogP contribution is -2.09. The van der Waals surface area contributed by atoms with Crippen LogP contribution in [-0.4, -0.2) is 31.5 Å². The first-order valence-corrected chi connectivity index (χ1v) is 5.68. The number of anilines is 1. The summed E-state index contributed by atoms with van der Waals surface area (Å²) in [6.07, 6.45) is 0.722. The molecule has 0 aliphatic heterocycles. The number of hydrogen-bond acceptors (Lipinski definition) is 5. The highest BCUT2D eigenvalue weighted by Crippen LogP contribution is 2.24. The zero-order valence-electron chi connectivity index (χ0n) is 10.4. The molecule has 0 spiro atoms. The van der Waals surface area contributed by atoms with Crippen molar-refractivity contribution in [2.45, 2.75) is 13.3 Å². The molecule has 1 heterocycles. The number of aromatic nitrogens is 3. The number of aromatic hydroxyl groups is 2. The highest BCUT2D eigenvalue weighted by Gasteiger charge is 2.04. The monoisotopic (exact) mass is 248 g/mol. The highest BCUT2D eigenvalue weighted by atomic mass is 16.3. The van der Waals surface area contributed by atoms with Crippen molar-refractivity contribution in [2.75, 3.05) is 11.9 Å². The zero-order chi connectivity index (χ0) is 13.1. The topological polar surface area (TPSA) is 83.2 Å². The summed E-state index contributed by atoms with van der Waals surface area (Å²) in [5.74, 6) is 1.37. The largest absolute Gasteiger partial charge is 0.504 e. The number of rotatable bonds is 4. The van der Waals surface area contributed by atoms with E-state index in [4.69, 9.17) is 0 Å². The maximum absolute atomic E-state index is 9.37. The molecule has 96 valence electrons. The zero-order valence-corrected chi connectivity index (χ0v) is 10.4. The molecule has 18 heavy (non-hydrogen) atoms. The average Bonchev–Trinajstić information content (AvgIpc) is 2.66. The lowest BCUT2D eigenvalue weighted by atomic mass is 10.1. The number of aryl methyl sites for hydroxylation is 1. The van der Waals surface area contributed by atoms with E-state index in [-0.39, 0.29) is 11.5 Å².